The van der Waals surface area contributed by atoms with Gasteiger partial charge < -0.3 is 14.6 Å². The number of amides is 2. The van der Waals surface area contributed by atoms with E-state index in [1.54, 1.807) is 24.7 Å². The van der Waals surface area contributed by atoms with E-state index >= 15 is 0 Å². The van der Waals surface area contributed by atoms with Crippen LogP contribution in [-0.4, -0.2) is 40.7 Å². The fraction of sp³-hybridized carbons (Fsp3) is 0.316. The van der Waals surface area contributed by atoms with E-state index in [1.807, 2.05) is 10.6 Å². The molecule has 27 heavy (non-hydrogen) atoms. The van der Waals surface area contributed by atoms with E-state index in [-0.39, 0.29) is 25.1 Å². The maximum absolute atomic E-state index is 14.8. The lowest BCUT2D eigenvalue weighted by atomic mass is 9.97. The van der Waals surface area contributed by atoms with Gasteiger partial charge in [0, 0.05) is 43.9 Å². The summed E-state index contributed by atoms with van der Waals surface area (Å²) in [7, 11) is 0. The van der Waals surface area contributed by atoms with Crippen molar-refractivity contribution in [2.75, 3.05) is 18.1 Å². The number of imidazole rings is 1. The monoisotopic (exact) mass is 370 g/mol. The van der Waals surface area contributed by atoms with Crippen molar-refractivity contribution in [1.82, 2.24) is 14.9 Å². The smallest absolute Gasteiger partial charge is 0.414 e. The molecule has 7 nitrogen and oxygen atoms in total. The van der Waals surface area contributed by atoms with Gasteiger partial charge in [-0.15, -0.1) is 0 Å². The maximum Gasteiger partial charge on any atom is 0.414 e. The molecule has 8 heteroatoms. The lowest BCUT2D eigenvalue weighted by molar-refractivity contribution is -0.119. The Balaban J connectivity index is 1.57. The van der Waals surface area contributed by atoms with Crippen LogP contribution in [0.2, 0.25) is 0 Å². The topological polar surface area (TPSA) is 76.5 Å². The van der Waals surface area contributed by atoms with Gasteiger partial charge in [0.25, 0.3) is 0 Å². The first-order valence-electron chi connectivity index (χ1n) is 8.71. The summed E-state index contributed by atoms with van der Waals surface area (Å²) in [5.41, 5.74) is 2.85. The fourth-order valence-corrected chi connectivity index (χ4v) is 3.44. The third kappa shape index (κ3) is 3.30. The van der Waals surface area contributed by atoms with Crippen LogP contribution in [0.1, 0.15) is 18.2 Å². The van der Waals surface area contributed by atoms with Gasteiger partial charge in [-0.25, -0.2) is 14.2 Å². The standard InChI is InChI=1S/C19H19FN4O3/c1-12(25)22-9-16-10-27-19(26)24(16)14-2-3-17(18(20)7-14)13-4-5-23-11-21-8-15(23)6-13/h2-4,7-8,11,16H,5-6,9-10H2,1H3,(H,22,25). The summed E-state index contributed by atoms with van der Waals surface area (Å²) in [5.74, 6) is -0.594. The highest BCUT2D eigenvalue weighted by Gasteiger charge is 2.34. The lowest BCUT2D eigenvalue weighted by Crippen LogP contribution is -2.42. The minimum Gasteiger partial charge on any atom is -0.447 e. The normalized spacial score (nSPS) is 18.7. The second-order valence-corrected chi connectivity index (χ2v) is 6.65. The Bertz CT molecular complexity index is 937. The molecule has 1 fully saturated rings. The Morgan fingerprint density at radius 2 is 2.30 bits per heavy atom. The summed E-state index contributed by atoms with van der Waals surface area (Å²) in [6.07, 6.45) is 5.59. The molecule has 0 bridgehead atoms. The van der Waals surface area contributed by atoms with Crippen LogP contribution in [0.25, 0.3) is 5.57 Å². The minimum absolute atomic E-state index is 0.150. The third-order valence-electron chi connectivity index (χ3n) is 4.83. The van der Waals surface area contributed by atoms with Crippen LogP contribution in [0.4, 0.5) is 14.9 Å². The first-order valence-corrected chi connectivity index (χ1v) is 8.71. The number of carbonyl (C=O) groups excluding carboxylic acids is 2. The van der Waals surface area contributed by atoms with E-state index in [2.05, 4.69) is 10.3 Å². The SMILES string of the molecule is CC(=O)NCC1COC(=O)N1c1ccc(C2=CCn3cncc3C2)c(F)c1. The molecule has 2 aliphatic heterocycles. The molecule has 1 aromatic heterocycles. The summed E-state index contributed by atoms with van der Waals surface area (Å²) >= 11 is 0. The van der Waals surface area contributed by atoms with Crippen molar-refractivity contribution in [1.29, 1.82) is 0 Å². The third-order valence-corrected chi connectivity index (χ3v) is 4.83. The number of fused-ring (bicyclic) bond motifs is 1. The van der Waals surface area contributed by atoms with Crippen LogP contribution in [-0.2, 0) is 22.5 Å². The molecule has 0 aliphatic carbocycles. The van der Waals surface area contributed by atoms with Gasteiger partial charge in [0.15, 0.2) is 0 Å². The Labute approximate surface area is 155 Å². The largest absolute Gasteiger partial charge is 0.447 e. The van der Waals surface area contributed by atoms with Crippen molar-refractivity contribution < 1.29 is 18.7 Å². The molecule has 1 saturated heterocycles. The zero-order chi connectivity index (χ0) is 19.0. The lowest BCUT2D eigenvalue weighted by Gasteiger charge is -2.23. The van der Waals surface area contributed by atoms with Crippen molar-refractivity contribution in [3.8, 4) is 0 Å². The van der Waals surface area contributed by atoms with E-state index < -0.39 is 11.9 Å². The van der Waals surface area contributed by atoms with Gasteiger partial charge in [0.1, 0.15) is 12.4 Å². The number of aromatic nitrogens is 2. The van der Waals surface area contributed by atoms with E-state index in [0.29, 0.717) is 24.2 Å². The minimum atomic E-state index is -0.543. The first-order chi connectivity index (χ1) is 13.0. The van der Waals surface area contributed by atoms with Crippen LogP contribution < -0.4 is 10.2 Å². The van der Waals surface area contributed by atoms with Crippen LogP contribution in [0.15, 0.2) is 36.8 Å². The molecule has 2 aliphatic rings. The predicted molar refractivity (Wildman–Crippen MR) is 96.6 cm³/mol. The molecule has 4 rings (SSSR count). The number of ether oxygens (including phenoxy) is 1. The second-order valence-electron chi connectivity index (χ2n) is 6.65. The molecule has 140 valence electrons. The second kappa shape index (κ2) is 6.86. The number of halogens is 1. The summed E-state index contributed by atoms with van der Waals surface area (Å²) in [5, 5.41) is 2.67. The van der Waals surface area contributed by atoms with Crippen LogP contribution in [0.3, 0.4) is 0 Å². The van der Waals surface area contributed by atoms with Crippen molar-refractivity contribution in [2.24, 2.45) is 0 Å². The molecule has 1 N–H and O–H groups in total. The quantitative estimate of drug-likeness (QED) is 0.895. The van der Waals surface area contributed by atoms with Crippen molar-refractivity contribution >= 4 is 23.3 Å². The molecule has 3 heterocycles. The number of benzene rings is 1. The van der Waals surface area contributed by atoms with Gasteiger partial charge in [0.05, 0.1) is 18.1 Å². The average Bonchev–Trinajstić information content (AvgIpc) is 3.25. The number of carbonyl (C=O) groups is 2. The average molecular weight is 370 g/mol. The van der Waals surface area contributed by atoms with Gasteiger partial charge in [-0.2, -0.15) is 0 Å². The van der Waals surface area contributed by atoms with Gasteiger partial charge in [0.2, 0.25) is 5.91 Å². The summed E-state index contributed by atoms with van der Waals surface area (Å²) in [6.45, 7) is 2.46. The molecule has 0 radical (unpaired) electrons. The maximum atomic E-state index is 14.8. The number of anilines is 1. The Morgan fingerprint density at radius 3 is 3.07 bits per heavy atom. The first kappa shape index (κ1) is 17.3. The number of cyclic esters (lactones) is 1. The highest BCUT2D eigenvalue weighted by atomic mass is 19.1. The summed E-state index contributed by atoms with van der Waals surface area (Å²) < 4.78 is 21.9. The molecule has 2 amide bonds. The van der Waals surface area contributed by atoms with Gasteiger partial charge >= 0.3 is 6.09 Å². The van der Waals surface area contributed by atoms with Crippen molar-refractivity contribution in [3.05, 3.63) is 53.9 Å². The highest BCUT2D eigenvalue weighted by Crippen LogP contribution is 2.30. The predicted octanol–water partition coefficient (Wildman–Crippen LogP) is 2.12. The molecule has 0 spiro atoms. The van der Waals surface area contributed by atoms with Gasteiger partial charge in [-0.1, -0.05) is 6.08 Å². The Kier molecular flexibility index (Phi) is 4.39. The molecular formula is C19H19FN4O3. The van der Waals surface area contributed by atoms with Gasteiger partial charge in [-0.05, 0) is 23.8 Å². The van der Waals surface area contributed by atoms with Crippen LogP contribution in [0, 0.1) is 5.82 Å². The molecule has 0 saturated carbocycles. The van der Waals surface area contributed by atoms with E-state index in [0.717, 1.165) is 11.3 Å². The molecular weight excluding hydrogens is 351 g/mol. The number of hydrogen-bond donors (Lipinski definition) is 1. The highest BCUT2D eigenvalue weighted by molar-refractivity contribution is 5.91. The Hall–Kier alpha value is -3.16. The molecule has 1 aromatic carbocycles. The summed E-state index contributed by atoms with van der Waals surface area (Å²) in [4.78, 5) is 28.7. The van der Waals surface area contributed by atoms with E-state index in [4.69, 9.17) is 4.74 Å². The molecule has 1 atom stereocenters. The van der Waals surface area contributed by atoms with E-state index in [9.17, 15) is 14.0 Å². The molecule has 1 unspecified atom stereocenters. The van der Waals surface area contributed by atoms with E-state index in [1.165, 1.54) is 17.9 Å². The number of nitrogens with zero attached hydrogens (tertiary/aromatic N) is 3. The summed E-state index contributed by atoms with van der Waals surface area (Å²) in [6, 6.07) is 4.37. The number of rotatable bonds is 4. The van der Waals surface area contributed by atoms with Crippen LogP contribution >= 0.6 is 0 Å². The van der Waals surface area contributed by atoms with Gasteiger partial charge in [-0.3, -0.25) is 9.69 Å². The zero-order valence-corrected chi connectivity index (χ0v) is 14.8. The van der Waals surface area contributed by atoms with Crippen LogP contribution in [0.5, 0.6) is 0 Å². The number of allylic oxidation sites excluding steroid dienone is 2. The molecule has 2 aromatic rings. The number of hydrogen-bond acceptors (Lipinski definition) is 4. The fourth-order valence-electron chi connectivity index (χ4n) is 3.44. The zero-order valence-electron chi connectivity index (χ0n) is 14.8. The van der Waals surface area contributed by atoms with Crippen molar-refractivity contribution in [2.45, 2.75) is 25.9 Å². The van der Waals surface area contributed by atoms with Crippen molar-refractivity contribution in [3.63, 3.8) is 0 Å². The Morgan fingerprint density at radius 1 is 1.44 bits per heavy atom. The number of nitrogens with one attached hydrogen (secondary N) is 1.